The summed E-state index contributed by atoms with van der Waals surface area (Å²) in [7, 11) is 0. The van der Waals surface area contributed by atoms with Gasteiger partial charge in [0.15, 0.2) is 0 Å². The molecule has 1 N–H and O–H groups in total. The van der Waals surface area contributed by atoms with Gasteiger partial charge < -0.3 is 5.11 Å². The lowest BCUT2D eigenvalue weighted by molar-refractivity contribution is 0.0170. The van der Waals surface area contributed by atoms with E-state index in [1.807, 2.05) is 0 Å². The number of aliphatic hydroxyl groups excluding tert-OH is 1. The molecule has 0 bridgehead atoms. The molecule has 0 aromatic carbocycles. The average molecular weight is 267 g/mol. The van der Waals surface area contributed by atoms with Crippen molar-refractivity contribution in [2.45, 2.75) is 31.8 Å². The van der Waals surface area contributed by atoms with Crippen LogP contribution >= 0.6 is 15.9 Å². The van der Waals surface area contributed by atoms with Gasteiger partial charge in [-0.25, -0.2) is 0 Å². The van der Waals surface area contributed by atoms with Gasteiger partial charge in [0.05, 0.1) is 6.10 Å². The molecule has 0 amide bonds. The molecule has 80 valence electrons. The first-order chi connectivity index (χ1) is 7.20. The highest BCUT2D eigenvalue weighted by Gasteiger charge is 2.57. The Balaban J connectivity index is 2.17. The predicted molar refractivity (Wildman–Crippen MR) is 64.6 cm³/mol. The zero-order chi connectivity index (χ0) is 10.5. The van der Waals surface area contributed by atoms with Gasteiger partial charge in [-0.2, -0.15) is 0 Å². The molecule has 0 aliphatic heterocycles. The predicted octanol–water partition coefficient (Wildman–Crippen LogP) is 3.31. The average Bonchev–Trinajstić information content (AvgIpc) is 2.49. The van der Waals surface area contributed by atoms with Gasteiger partial charge in [-0.3, -0.25) is 0 Å². The standard InChI is InChI=1S/C13H15BrO/c14-10-9-12-5-1-3-7-13(12,11(10)15)8-4-2-6-12/h1,3,5,7,9,11,15H,2,4,6,8H2/t11-,12-,13+/m0/s1. The minimum absolute atomic E-state index is 0.0567. The summed E-state index contributed by atoms with van der Waals surface area (Å²) in [6, 6.07) is 0. The molecule has 3 atom stereocenters. The van der Waals surface area contributed by atoms with E-state index in [0.717, 1.165) is 10.9 Å². The minimum atomic E-state index is -0.348. The van der Waals surface area contributed by atoms with Crippen molar-refractivity contribution in [3.8, 4) is 0 Å². The molecular weight excluding hydrogens is 252 g/mol. The van der Waals surface area contributed by atoms with Gasteiger partial charge in [-0.1, -0.05) is 59.2 Å². The molecule has 3 aliphatic carbocycles. The minimum Gasteiger partial charge on any atom is -0.387 e. The van der Waals surface area contributed by atoms with Crippen molar-refractivity contribution >= 4 is 15.9 Å². The summed E-state index contributed by atoms with van der Waals surface area (Å²) >= 11 is 3.52. The quantitative estimate of drug-likeness (QED) is 0.714. The van der Waals surface area contributed by atoms with E-state index in [2.05, 4.69) is 46.3 Å². The third-order valence-electron chi connectivity index (χ3n) is 4.34. The lowest BCUT2D eigenvalue weighted by atomic mass is 9.55. The van der Waals surface area contributed by atoms with Crippen LogP contribution in [0.2, 0.25) is 0 Å². The fraction of sp³-hybridized carbons (Fsp3) is 0.538. The van der Waals surface area contributed by atoms with Crippen molar-refractivity contribution in [3.05, 3.63) is 34.9 Å². The van der Waals surface area contributed by atoms with E-state index >= 15 is 0 Å². The third kappa shape index (κ3) is 1.07. The van der Waals surface area contributed by atoms with Gasteiger partial charge in [0.1, 0.15) is 0 Å². The molecule has 1 fully saturated rings. The summed E-state index contributed by atoms with van der Waals surface area (Å²) in [5.41, 5.74) is 0.0249. The highest BCUT2D eigenvalue weighted by molar-refractivity contribution is 9.11. The maximum absolute atomic E-state index is 10.4. The Labute approximate surface area is 98.7 Å². The van der Waals surface area contributed by atoms with Crippen molar-refractivity contribution in [1.29, 1.82) is 0 Å². The smallest absolute Gasteiger partial charge is 0.0953 e. The second kappa shape index (κ2) is 3.08. The highest BCUT2D eigenvalue weighted by Crippen LogP contribution is 2.63. The summed E-state index contributed by atoms with van der Waals surface area (Å²) in [4.78, 5) is 0. The fourth-order valence-corrected chi connectivity index (χ4v) is 4.36. The maximum atomic E-state index is 10.4. The molecule has 0 radical (unpaired) electrons. The van der Waals surface area contributed by atoms with Crippen molar-refractivity contribution in [1.82, 2.24) is 0 Å². The van der Waals surface area contributed by atoms with Crippen LogP contribution in [0.3, 0.4) is 0 Å². The van der Waals surface area contributed by atoms with Crippen molar-refractivity contribution in [2.75, 3.05) is 0 Å². The summed E-state index contributed by atoms with van der Waals surface area (Å²) < 4.78 is 0.973. The number of rotatable bonds is 0. The van der Waals surface area contributed by atoms with Crippen molar-refractivity contribution < 1.29 is 5.11 Å². The van der Waals surface area contributed by atoms with E-state index in [9.17, 15) is 5.11 Å². The number of halogens is 1. The van der Waals surface area contributed by atoms with Crippen LogP contribution in [0.25, 0.3) is 0 Å². The molecule has 0 aromatic rings. The van der Waals surface area contributed by atoms with Gasteiger partial charge >= 0.3 is 0 Å². The molecule has 1 nitrogen and oxygen atoms in total. The van der Waals surface area contributed by atoms with Gasteiger partial charge in [-0.05, 0) is 12.8 Å². The maximum Gasteiger partial charge on any atom is 0.0953 e. The molecule has 0 heterocycles. The fourth-order valence-electron chi connectivity index (χ4n) is 3.54. The lowest BCUT2D eigenvalue weighted by Gasteiger charge is -2.49. The Morgan fingerprint density at radius 3 is 2.73 bits per heavy atom. The molecule has 0 saturated heterocycles. The second-order valence-electron chi connectivity index (χ2n) is 4.94. The van der Waals surface area contributed by atoms with E-state index in [1.165, 1.54) is 19.3 Å². The Hall–Kier alpha value is -0.340. The molecule has 3 rings (SSSR count). The van der Waals surface area contributed by atoms with Crippen molar-refractivity contribution in [2.24, 2.45) is 10.8 Å². The normalized spacial score (nSPS) is 47.3. The van der Waals surface area contributed by atoms with Crippen LogP contribution in [-0.2, 0) is 0 Å². The molecule has 3 aliphatic rings. The van der Waals surface area contributed by atoms with Gasteiger partial charge in [-0.15, -0.1) is 0 Å². The van der Waals surface area contributed by atoms with E-state index in [4.69, 9.17) is 0 Å². The zero-order valence-corrected chi connectivity index (χ0v) is 10.2. The first-order valence-corrected chi connectivity index (χ1v) is 6.43. The Bertz CT molecular complexity index is 382. The van der Waals surface area contributed by atoms with Gasteiger partial charge in [0.25, 0.3) is 0 Å². The van der Waals surface area contributed by atoms with Crippen LogP contribution in [0.15, 0.2) is 34.9 Å². The second-order valence-corrected chi connectivity index (χ2v) is 5.85. The number of hydrogen-bond donors (Lipinski definition) is 1. The molecule has 2 heteroatoms. The summed E-state index contributed by atoms with van der Waals surface area (Å²) in [5.74, 6) is 0. The zero-order valence-electron chi connectivity index (χ0n) is 8.62. The van der Waals surface area contributed by atoms with Crippen LogP contribution in [-0.4, -0.2) is 11.2 Å². The molecule has 15 heavy (non-hydrogen) atoms. The lowest BCUT2D eigenvalue weighted by Crippen LogP contribution is -2.45. The van der Waals surface area contributed by atoms with Gasteiger partial charge in [0.2, 0.25) is 0 Å². The molecular formula is C13H15BrO. The Kier molecular flexibility index (Phi) is 2.02. The SMILES string of the molecule is O[C@H]1C(Br)=C[C@@]23C=CC=C[C@@]12CCCC3. The van der Waals surface area contributed by atoms with E-state index in [1.54, 1.807) is 0 Å². The van der Waals surface area contributed by atoms with Crippen LogP contribution in [0.4, 0.5) is 0 Å². The Morgan fingerprint density at radius 1 is 1.20 bits per heavy atom. The van der Waals surface area contributed by atoms with Crippen LogP contribution in [0, 0.1) is 10.8 Å². The molecule has 1 saturated carbocycles. The van der Waals surface area contributed by atoms with Crippen LogP contribution < -0.4 is 0 Å². The summed E-state index contributed by atoms with van der Waals surface area (Å²) in [6.45, 7) is 0. The monoisotopic (exact) mass is 266 g/mol. The number of allylic oxidation sites excluding steroid dienone is 4. The Morgan fingerprint density at radius 2 is 1.93 bits per heavy atom. The highest BCUT2D eigenvalue weighted by atomic mass is 79.9. The summed E-state index contributed by atoms with van der Waals surface area (Å²) in [6.07, 6.45) is 15.4. The number of aliphatic hydroxyl groups is 1. The first kappa shape index (κ1) is 9.86. The van der Waals surface area contributed by atoms with Gasteiger partial charge in [0, 0.05) is 15.3 Å². The van der Waals surface area contributed by atoms with Crippen molar-refractivity contribution in [3.63, 3.8) is 0 Å². The van der Waals surface area contributed by atoms with Crippen LogP contribution in [0.1, 0.15) is 25.7 Å². The van der Waals surface area contributed by atoms with E-state index in [0.29, 0.717) is 0 Å². The molecule has 0 unspecified atom stereocenters. The van der Waals surface area contributed by atoms with E-state index < -0.39 is 0 Å². The third-order valence-corrected chi connectivity index (χ3v) is 5.00. The van der Waals surface area contributed by atoms with E-state index in [-0.39, 0.29) is 16.9 Å². The van der Waals surface area contributed by atoms with Crippen LogP contribution in [0.5, 0.6) is 0 Å². The topological polar surface area (TPSA) is 20.2 Å². The summed E-state index contributed by atoms with van der Waals surface area (Å²) in [5, 5.41) is 10.4. The first-order valence-electron chi connectivity index (χ1n) is 5.64. The molecule has 0 aromatic heterocycles. The number of hydrogen-bond acceptors (Lipinski definition) is 1. The largest absolute Gasteiger partial charge is 0.387 e. The molecule has 0 spiro atoms.